The van der Waals surface area contributed by atoms with Crippen LogP contribution in [-0.4, -0.2) is 6.54 Å². The molecule has 2 nitrogen and oxygen atoms in total. The van der Waals surface area contributed by atoms with Gasteiger partial charge in [0.15, 0.2) is 0 Å². The van der Waals surface area contributed by atoms with E-state index in [1.165, 1.54) is 11.1 Å². The van der Waals surface area contributed by atoms with Crippen LogP contribution in [0, 0.1) is 18.3 Å². The zero-order chi connectivity index (χ0) is 13.7. The summed E-state index contributed by atoms with van der Waals surface area (Å²) >= 11 is 3.42. The number of nitrogens with one attached hydrogen (secondary N) is 1. The van der Waals surface area contributed by atoms with E-state index in [9.17, 15) is 0 Å². The van der Waals surface area contributed by atoms with Gasteiger partial charge in [-0.05, 0) is 42.7 Å². The van der Waals surface area contributed by atoms with Gasteiger partial charge in [-0.15, -0.1) is 0 Å². The van der Waals surface area contributed by atoms with Gasteiger partial charge in [-0.1, -0.05) is 40.2 Å². The van der Waals surface area contributed by atoms with Crippen molar-refractivity contribution in [3.63, 3.8) is 0 Å². The summed E-state index contributed by atoms with van der Waals surface area (Å²) in [4.78, 5) is 0. The van der Waals surface area contributed by atoms with Crippen LogP contribution < -0.4 is 5.32 Å². The molecule has 0 saturated heterocycles. The van der Waals surface area contributed by atoms with Crippen molar-refractivity contribution in [2.45, 2.75) is 13.3 Å². The number of benzene rings is 2. The summed E-state index contributed by atoms with van der Waals surface area (Å²) in [7, 11) is 0. The van der Waals surface area contributed by atoms with Gasteiger partial charge in [-0.3, -0.25) is 0 Å². The van der Waals surface area contributed by atoms with E-state index in [0.717, 1.165) is 23.1 Å². The third-order valence-corrected chi connectivity index (χ3v) is 3.57. The second-order valence-corrected chi connectivity index (χ2v) is 5.32. The van der Waals surface area contributed by atoms with Crippen molar-refractivity contribution in [1.29, 1.82) is 5.26 Å². The van der Waals surface area contributed by atoms with Crippen LogP contribution in [0.1, 0.15) is 16.7 Å². The van der Waals surface area contributed by atoms with Gasteiger partial charge in [0.05, 0.1) is 11.3 Å². The molecular formula is C16H15BrN2. The Bertz CT molecular complexity index is 614. The van der Waals surface area contributed by atoms with E-state index in [1.807, 2.05) is 24.3 Å². The Morgan fingerprint density at radius 2 is 2.00 bits per heavy atom. The standard InChI is InChI=1S/C16H15BrN2/c1-12-4-2-3-5-13(12)8-9-19-16-10-15(17)7-6-14(16)11-18/h2-7,10,19H,8-9H2,1H3. The van der Waals surface area contributed by atoms with Crippen LogP contribution in [0.3, 0.4) is 0 Å². The Kier molecular flexibility index (Phi) is 4.59. The number of nitriles is 1. The van der Waals surface area contributed by atoms with Crippen molar-refractivity contribution >= 4 is 21.6 Å². The lowest BCUT2D eigenvalue weighted by Crippen LogP contribution is -2.07. The first-order valence-electron chi connectivity index (χ1n) is 6.19. The maximum absolute atomic E-state index is 9.06. The summed E-state index contributed by atoms with van der Waals surface area (Å²) in [6.07, 6.45) is 0.948. The monoisotopic (exact) mass is 314 g/mol. The zero-order valence-electron chi connectivity index (χ0n) is 10.8. The second kappa shape index (κ2) is 6.40. The summed E-state index contributed by atoms with van der Waals surface area (Å²) in [6.45, 7) is 2.94. The fourth-order valence-electron chi connectivity index (χ4n) is 1.98. The first kappa shape index (κ1) is 13.6. The van der Waals surface area contributed by atoms with Crippen molar-refractivity contribution in [1.82, 2.24) is 0 Å². The first-order valence-corrected chi connectivity index (χ1v) is 6.98. The number of hydrogen-bond donors (Lipinski definition) is 1. The molecule has 0 aliphatic rings. The molecule has 0 bridgehead atoms. The van der Waals surface area contributed by atoms with Crippen molar-refractivity contribution in [2.24, 2.45) is 0 Å². The minimum absolute atomic E-state index is 0.674. The quantitative estimate of drug-likeness (QED) is 0.914. The molecule has 3 heteroatoms. The lowest BCUT2D eigenvalue weighted by molar-refractivity contribution is 1.00. The molecule has 0 amide bonds. The maximum Gasteiger partial charge on any atom is 0.101 e. The van der Waals surface area contributed by atoms with E-state index < -0.39 is 0 Å². The predicted molar refractivity (Wildman–Crippen MR) is 82.2 cm³/mol. The fraction of sp³-hybridized carbons (Fsp3) is 0.188. The second-order valence-electron chi connectivity index (χ2n) is 4.40. The van der Waals surface area contributed by atoms with Crippen LogP contribution in [0.25, 0.3) is 0 Å². The third-order valence-electron chi connectivity index (χ3n) is 3.07. The molecule has 0 aliphatic heterocycles. The van der Waals surface area contributed by atoms with Gasteiger partial charge in [0.25, 0.3) is 0 Å². The highest BCUT2D eigenvalue weighted by Gasteiger charge is 2.03. The van der Waals surface area contributed by atoms with Crippen molar-refractivity contribution in [2.75, 3.05) is 11.9 Å². The van der Waals surface area contributed by atoms with Gasteiger partial charge < -0.3 is 5.32 Å². The smallest absolute Gasteiger partial charge is 0.101 e. The fourth-order valence-corrected chi connectivity index (χ4v) is 2.34. The highest BCUT2D eigenvalue weighted by molar-refractivity contribution is 9.10. The molecule has 0 saturated carbocycles. The molecule has 0 fully saturated rings. The van der Waals surface area contributed by atoms with Crippen LogP contribution in [-0.2, 0) is 6.42 Å². The van der Waals surface area contributed by atoms with E-state index in [4.69, 9.17) is 5.26 Å². The Balaban J connectivity index is 2.02. The number of aryl methyl sites for hydroxylation is 1. The Morgan fingerprint density at radius 1 is 1.21 bits per heavy atom. The molecule has 0 unspecified atom stereocenters. The summed E-state index contributed by atoms with van der Waals surface area (Å²) in [5, 5.41) is 12.4. The molecule has 96 valence electrons. The van der Waals surface area contributed by atoms with Gasteiger partial charge in [0, 0.05) is 11.0 Å². The van der Waals surface area contributed by atoms with Crippen LogP contribution in [0.4, 0.5) is 5.69 Å². The molecule has 0 spiro atoms. The average Bonchev–Trinajstić information content (AvgIpc) is 2.41. The van der Waals surface area contributed by atoms with Gasteiger partial charge >= 0.3 is 0 Å². The van der Waals surface area contributed by atoms with Gasteiger partial charge in [0.2, 0.25) is 0 Å². The van der Waals surface area contributed by atoms with E-state index in [1.54, 1.807) is 0 Å². The zero-order valence-corrected chi connectivity index (χ0v) is 12.4. The van der Waals surface area contributed by atoms with Crippen LogP contribution in [0.15, 0.2) is 46.9 Å². The molecule has 19 heavy (non-hydrogen) atoms. The van der Waals surface area contributed by atoms with E-state index in [0.29, 0.717) is 5.56 Å². The molecular weight excluding hydrogens is 300 g/mol. The highest BCUT2D eigenvalue weighted by atomic mass is 79.9. The number of nitrogens with zero attached hydrogens (tertiary/aromatic N) is 1. The Morgan fingerprint density at radius 3 is 2.74 bits per heavy atom. The Hall–Kier alpha value is -1.79. The lowest BCUT2D eigenvalue weighted by Gasteiger charge is -2.10. The molecule has 2 aromatic rings. The molecule has 0 aliphatic carbocycles. The van der Waals surface area contributed by atoms with Crippen LogP contribution >= 0.6 is 15.9 Å². The third kappa shape index (κ3) is 3.59. The van der Waals surface area contributed by atoms with E-state index in [2.05, 4.69) is 52.4 Å². The van der Waals surface area contributed by atoms with Crippen molar-refractivity contribution in [3.05, 3.63) is 63.6 Å². The topological polar surface area (TPSA) is 35.8 Å². The summed E-state index contributed by atoms with van der Waals surface area (Å²) in [5.74, 6) is 0. The molecule has 0 radical (unpaired) electrons. The summed E-state index contributed by atoms with van der Waals surface area (Å²) < 4.78 is 0.977. The van der Waals surface area contributed by atoms with Gasteiger partial charge in [-0.2, -0.15) is 5.26 Å². The molecule has 2 aromatic carbocycles. The molecule has 0 atom stereocenters. The largest absolute Gasteiger partial charge is 0.384 e. The minimum atomic E-state index is 0.674. The Labute approximate surface area is 122 Å². The number of hydrogen-bond acceptors (Lipinski definition) is 2. The number of anilines is 1. The number of halogens is 1. The number of rotatable bonds is 4. The minimum Gasteiger partial charge on any atom is -0.384 e. The molecule has 1 N–H and O–H groups in total. The van der Waals surface area contributed by atoms with Gasteiger partial charge in [0.1, 0.15) is 6.07 Å². The maximum atomic E-state index is 9.06. The van der Waals surface area contributed by atoms with Crippen LogP contribution in [0.2, 0.25) is 0 Å². The van der Waals surface area contributed by atoms with Crippen molar-refractivity contribution in [3.8, 4) is 6.07 Å². The first-order chi connectivity index (χ1) is 9.20. The lowest BCUT2D eigenvalue weighted by atomic mass is 10.1. The predicted octanol–water partition coefficient (Wildman–Crippen LogP) is 4.28. The normalized spacial score (nSPS) is 9.95. The molecule has 0 aromatic heterocycles. The van der Waals surface area contributed by atoms with Crippen molar-refractivity contribution < 1.29 is 0 Å². The summed E-state index contributed by atoms with van der Waals surface area (Å²) in [6, 6.07) is 16.2. The van der Waals surface area contributed by atoms with E-state index >= 15 is 0 Å². The average molecular weight is 315 g/mol. The van der Waals surface area contributed by atoms with Crippen LogP contribution in [0.5, 0.6) is 0 Å². The molecule has 2 rings (SSSR count). The SMILES string of the molecule is Cc1ccccc1CCNc1cc(Br)ccc1C#N. The van der Waals surface area contributed by atoms with E-state index in [-0.39, 0.29) is 0 Å². The molecule has 0 heterocycles. The highest BCUT2D eigenvalue weighted by Crippen LogP contribution is 2.21. The summed E-state index contributed by atoms with van der Waals surface area (Å²) in [5.41, 5.74) is 4.20. The van der Waals surface area contributed by atoms with Gasteiger partial charge in [-0.25, -0.2) is 0 Å².